The molecule has 0 unspecified atom stereocenters. The topological polar surface area (TPSA) is 89.6 Å². The second-order valence-corrected chi connectivity index (χ2v) is 4.72. The first-order valence-corrected chi connectivity index (χ1v) is 6.33. The maximum atomic E-state index is 11.1. The summed E-state index contributed by atoms with van der Waals surface area (Å²) >= 11 is 0. The number of nitrogens with two attached hydrogens (primary N) is 1. The van der Waals surface area contributed by atoms with E-state index in [4.69, 9.17) is 15.6 Å². The molecule has 0 aromatic heterocycles. The molecule has 0 aliphatic heterocycles. The minimum absolute atomic E-state index is 0.285. The average Bonchev–Trinajstić information content (AvgIpc) is 2.44. The number of aromatic carboxylic acids is 1. The smallest absolute Gasteiger partial charge is 0.335 e. The summed E-state index contributed by atoms with van der Waals surface area (Å²) in [7, 11) is 0. The summed E-state index contributed by atoms with van der Waals surface area (Å²) in [5.74, 6) is -0.648. The molecule has 0 aliphatic rings. The van der Waals surface area contributed by atoms with Crippen molar-refractivity contribution in [3.63, 3.8) is 0 Å². The Hall–Kier alpha value is -2.82. The van der Waals surface area contributed by atoms with Gasteiger partial charge in [0.25, 0.3) is 6.47 Å². The van der Waals surface area contributed by atoms with Crippen LogP contribution in [0.3, 0.4) is 0 Å². The molecule has 0 saturated carbocycles. The van der Waals surface area contributed by atoms with Crippen LogP contribution in [-0.2, 0) is 11.2 Å². The first kappa shape index (κ1) is 14.6. The first-order chi connectivity index (χ1) is 10.0. The van der Waals surface area contributed by atoms with Crippen LogP contribution in [0.1, 0.15) is 27.0 Å². The van der Waals surface area contributed by atoms with Crippen molar-refractivity contribution in [3.8, 4) is 5.75 Å². The Bertz CT molecular complexity index is 695. The molecule has 108 valence electrons. The van der Waals surface area contributed by atoms with E-state index in [-0.39, 0.29) is 5.56 Å². The average molecular weight is 285 g/mol. The maximum absolute atomic E-state index is 11.1. The van der Waals surface area contributed by atoms with Crippen LogP contribution in [0.25, 0.3) is 0 Å². The monoisotopic (exact) mass is 285 g/mol. The summed E-state index contributed by atoms with van der Waals surface area (Å²) in [6.45, 7) is 2.08. The molecule has 0 radical (unpaired) electrons. The predicted molar refractivity (Wildman–Crippen MR) is 78.5 cm³/mol. The predicted octanol–water partition coefficient (Wildman–Crippen LogP) is 2.40. The lowest BCUT2D eigenvalue weighted by molar-refractivity contribution is -0.120. The molecule has 0 heterocycles. The molecule has 5 heteroatoms. The molecule has 2 rings (SSSR count). The number of carbonyl (C=O) groups is 2. The van der Waals surface area contributed by atoms with Gasteiger partial charge in [0.1, 0.15) is 0 Å². The Labute approximate surface area is 122 Å². The van der Waals surface area contributed by atoms with Gasteiger partial charge in [-0.2, -0.15) is 0 Å². The number of ether oxygens (including phenoxy) is 1. The summed E-state index contributed by atoms with van der Waals surface area (Å²) in [6, 6.07) is 10.4. The highest BCUT2D eigenvalue weighted by Gasteiger charge is 2.09. The van der Waals surface area contributed by atoms with Crippen LogP contribution in [0.4, 0.5) is 5.69 Å². The van der Waals surface area contributed by atoms with E-state index in [1.54, 1.807) is 31.2 Å². The highest BCUT2D eigenvalue weighted by atomic mass is 16.5. The van der Waals surface area contributed by atoms with Gasteiger partial charge in [-0.3, -0.25) is 4.79 Å². The van der Waals surface area contributed by atoms with E-state index < -0.39 is 5.97 Å². The number of nitrogen functional groups attached to an aromatic ring is 1. The zero-order valence-electron chi connectivity index (χ0n) is 11.5. The van der Waals surface area contributed by atoms with Crippen molar-refractivity contribution in [2.45, 2.75) is 13.3 Å². The summed E-state index contributed by atoms with van der Waals surface area (Å²) < 4.78 is 4.80. The molecule has 2 aromatic carbocycles. The van der Waals surface area contributed by atoms with E-state index in [2.05, 4.69) is 0 Å². The number of carboxylic acid groups (broad SMARTS) is 1. The minimum Gasteiger partial charge on any atom is -0.478 e. The number of aryl methyl sites for hydroxylation is 1. The molecule has 0 atom stereocenters. The number of hydrogen-bond acceptors (Lipinski definition) is 4. The fourth-order valence-electron chi connectivity index (χ4n) is 2.09. The van der Waals surface area contributed by atoms with E-state index in [0.717, 1.165) is 11.1 Å². The van der Waals surface area contributed by atoms with Crippen molar-refractivity contribution in [2.24, 2.45) is 0 Å². The van der Waals surface area contributed by atoms with Gasteiger partial charge in [0.15, 0.2) is 5.75 Å². The second-order valence-electron chi connectivity index (χ2n) is 4.72. The Morgan fingerprint density at radius 2 is 1.90 bits per heavy atom. The van der Waals surface area contributed by atoms with Gasteiger partial charge in [0, 0.05) is 0 Å². The SMILES string of the molecule is Cc1ccc(Cc2ccc(N)c(OC=O)c2)cc1C(=O)O. The van der Waals surface area contributed by atoms with Gasteiger partial charge in [-0.05, 0) is 48.2 Å². The number of hydrogen-bond donors (Lipinski definition) is 2. The number of carbonyl (C=O) groups excluding carboxylic acids is 1. The van der Waals surface area contributed by atoms with E-state index in [1.165, 1.54) is 0 Å². The van der Waals surface area contributed by atoms with Crippen molar-refractivity contribution < 1.29 is 19.4 Å². The highest BCUT2D eigenvalue weighted by Crippen LogP contribution is 2.24. The van der Waals surface area contributed by atoms with Crippen LogP contribution >= 0.6 is 0 Å². The molecular formula is C16H15NO4. The van der Waals surface area contributed by atoms with E-state index in [0.29, 0.717) is 29.9 Å². The molecule has 0 amide bonds. The molecule has 0 aliphatic carbocycles. The fraction of sp³-hybridized carbons (Fsp3) is 0.125. The van der Waals surface area contributed by atoms with Gasteiger partial charge in [0.05, 0.1) is 11.3 Å². The largest absolute Gasteiger partial charge is 0.478 e. The summed E-state index contributed by atoms with van der Waals surface area (Å²) in [4.78, 5) is 21.5. The van der Waals surface area contributed by atoms with Crippen LogP contribution in [0, 0.1) is 6.92 Å². The first-order valence-electron chi connectivity index (χ1n) is 6.33. The van der Waals surface area contributed by atoms with Crippen LogP contribution in [0.15, 0.2) is 36.4 Å². The van der Waals surface area contributed by atoms with Crippen molar-refractivity contribution in [3.05, 3.63) is 58.7 Å². The molecule has 0 spiro atoms. The number of benzene rings is 2. The van der Waals surface area contributed by atoms with E-state index >= 15 is 0 Å². The second kappa shape index (κ2) is 6.09. The number of carboxylic acids is 1. The van der Waals surface area contributed by atoms with Crippen LogP contribution in [-0.4, -0.2) is 17.5 Å². The third kappa shape index (κ3) is 3.39. The van der Waals surface area contributed by atoms with Crippen LogP contribution in [0.5, 0.6) is 5.75 Å². The lowest BCUT2D eigenvalue weighted by Gasteiger charge is -2.08. The van der Waals surface area contributed by atoms with Gasteiger partial charge in [0.2, 0.25) is 0 Å². The summed E-state index contributed by atoms with van der Waals surface area (Å²) in [6.07, 6.45) is 0.524. The molecule has 5 nitrogen and oxygen atoms in total. The molecule has 2 aromatic rings. The standard InChI is InChI=1S/C16H15NO4/c1-10-2-3-11(7-13(10)16(19)20)6-12-4-5-14(17)15(8-12)21-9-18/h2-5,7-9H,6,17H2,1H3,(H,19,20). The Kier molecular flexibility index (Phi) is 4.23. The van der Waals surface area contributed by atoms with Crippen molar-refractivity contribution in [1.82, 2.24) is 0 Å². The molecule has 3 N–H and O–H groups in total. The van der Waals surface area contributed by atoms with Crippen LogP contribution in [0.2, 0.25) is 0 Å². The number of rotatable bonds is 5. The molecule has 0 fully saturated rings. The van der Waals surface area contributed by atoms with Crippen molar-refractivity contribution in [2.75, 3.05) is 5.73 Å². The quantitative estimate of drug-likeness (QED) is 0.650. The third-order valence-corrected chi connectivity index (χ3v) is 3.19. The van der Waals surface area contributed by atoms with Gasteiger partial charge in [-0.15, -0.1) is 0 Å². The minimum atomic E-state index is -0.948. The summed E-state index contributed by atoms with van der Waals surface area (Å²) in [5.41, 5.74) is 8.80. The molecule has 0 bridgehead atoms. The van der Waals surface area contributed by atoms with Gasteiger partial charge >= 0.3 is 5.97 Å². The van der Waals surface area contributed by atoms with Crippen molar-refractivity contribution >= 4 is 18.1 Å². The highest BCUT2D eigenvalue weighted by molar-refractivity contribution is 5.89. The molecule has 0 saturated heterocycles. The zero-order chi connectivity index (χ0) is 15.4. The van der Waals surface area contributed by atoms with Gasteiger partial charge in [-0.25, -0.2) is 4.79 Å². The Morgan fingerprint density at radius 1 is 1.24 bits per heavy atom. The zero-order valence-corrected chi connectivity index (χ0v) is 11.5. The van der Waals surface area contributed by atoms with E-state index in [9.17, 15) is 9.59 Å². The Balaban J connectivity index is 2.30. The normalized spacial score (nSPS) is 10.1. The van der Waals surface area contributed by atoms with Crippen molar-refractivity contribution in [1.29, 1.82) is 0 Å². The lowest BCUT2D eigenvalue weighted by atomic mass is 9.99. The van der Waals surface area contributed by atoms with Crippen LogP contribution < -0.4 is 10.5 Å². The van der Waals surface area contributed by atoms with E-state index in [1.807, 2.05) is 12.1 Å². The summed E-state index contributed by atoms with van der Waals surface area (Å²) in [5, 5.41) is 9.13. The number of anilines is 1. The van der Waals surface area contributed by atoms with Gasteiger partial charge < -0.3 is 15.6 Å². The molecule has 21 heavy (non-hydrogen) atoms. The lowest BCUT2D eigenvalue weighted by Crippen LogP contribution is -2.02. The Morgan fingerprint density at radius 3 is 2.57 bits per heavy atom. The molecular weight excluding hydrogens is 270 g/mol. The fourth-order valence-corrected chi connectivity index (χ4v) is 2.09. The third-order valence-electron chi connectivity index (χ3n) is 3.19. The van der Waals surface area contributed by atoms with Gasteiger partial charge in [-0.1, -0.05) is 18.2 Å². The maximum Gasteiger partial charge on any atom is 0.335 e.